The molecule has 0 unspecified atom stereocenters. The Morgan fingerprint density at radius 1 is 1.02 bits per heavy atom. The fourth-order valence-corrected chi connectivity index (χ4v) is 7.07. The van der Waals surface area contributed by atoms with E-state index in [1.165, 1.54) is 46.1 Å². The average molecular weight is 613 g/mol. The van der Waals surface area contributed by atoms with Gasteiger partial charge in [-0.1, -0.05) is 6.07 Å². The molecule has 0 radical (unpaired) electrons. The van der Waals surface area contributed by atoms with Crippen LogP contribution in [0.2, 0.25) is 0 Å². The first-order valence-electron chi connectivity index (χ1n) is 12.7. The second kappa shape index (κ2) is 12.6. The molecule has 14 nitrogen and oxygen atoms in total. The van der Waals surface area contributed by atoms with Gasteiger partial charge < -0.3 is 19.1 Å². The second-order valence-electron chi connectivity index (χ2n) is 9.49. The van der Waals surface area contributed by atoms with E-state index in [4.69, 9.17) is 14.2 Å². The highest BCUT2D eigenvalue weighted by Gasteiger charge is 2.37. The van der Waals surface area contributed by atoms with Crippen molar-refractivity contribution in [3.63, 3.8) is 0 Å². The number of hydroxylamine groups is 1. The number of benzene rings is 2. The number of ether oxygens (including phenoxy) is 3. The van der Waals surface area contributed by atoms with Crippen molar-refractivity contribution in [3.05, 3.63) is 48.0 Å². The van der Waals surface area contributed by atoms with Crippen molar-refractivity contribution in [2.45, 2.75) is 30.3 Å². The smallest absolute Gasteiger partial charge is 0.261 e. The van der Waals surface area contributed by atoms with Gasteiger partial charge in [-0.3, -0.25) is 14.8 Å². The van der Waals surface area contributed by atoms with Crippen LogP contribution in [0.5, 0.6) is 17.2 Å². The minimum Gasteiger partial charge on any atom is -0.497 e. The minimum absolute atomic E-state index is 0.0166. The van der Waals surface area contributed by atoms with Crippen molar-refractivity contribution < 1.29 is 45.8 Å². The van der Waals surface area contributed by atoms with Gasteiger partial charge in [-0.15, -0.1) is 0 Å². The number of nitrogens with zero attached hydrogens (tertiary/aromatic N) is 3. The predicted molar refractivity (Wildman–Crippen MR) is 144 cm³/mol. The van der Waals surface area contributed by atoms with Crippen LogP contribution < -0.4 is 19.7 Å². The van der Waals surface area contributed by atoms with Crippen LogP contribution in [0.15, 0.2) is 47.4 Å². The summed E-state index contributed by atoms with van der Waals surface area (Å²) in [6, 6.07) is 8.97. The third-order valence-electron chi connectivity index (χ3n) is 6.89. The van der Waals surface area contributed by atoms with Crippen molar-refractivity contribution in [2.24, 2.45) is 0 Å². The molecule has 0 aliphatic carbocycles. The molecule has 224 valence electrons. The molecule has 2 heterocycles. The summed E-state index contributed by atoms with van der Waals surface area (Å²) in [4.78, 5) is 27.3. The van der Waals surface area contributed by atoms with E-state index < -0.39 is 32.0 Å². The van der Waals surface area contributed by atoms with Gasteiger partial charge in [0.15, 0.2) is 11.5 Å². The molecule has 1 fully saturated rings. The largest absolute Gasteiger partial charge is 0.497 e. The summed E-state index contributed by atoms with van der Waals surface area (Å²) in [6.07, 6.45) is 0.616. The van der Waals surface area contributed by atoms with E-state index in [0.29, 0.717) is 22.8 Å². The molecule has 2 aliphatic rings. The Morgan fingerprint density at radius 3 is 2.29 bits per heavy atom. The lowest BCUT2D eigenvalue weighted by molar-refractivity contribution is -0.135. The number of amides is 2. The second-order valence-corrected chi connectivity index (χ2v) is 13.4. The molecule has 16 heteroatoms. The van der Waals surface area contributed by atoms with Crippen molar-refractivity contribution in [1.82, 2.24) is 19.0 Å². The Balaban J connectivity index is 1.60. The zero-order valence-electron chi connectivity index (χ0n) is 22.6. The third-order valence-corrected chi connectivity index (χ3v) is 10.1. The molecule has 4 rings (SSSR count). The third kappa shape index (κ3) is 7.08. The van der Waals surface area contributed by atoms with Gasteiger partial charge in [0.2, 0.25) is 32.7 Å². The van der Waals surface area contributed by atoms with Crippen LogP contribution >= 0.6 is 0 Å². The molecule has 0 spiro atoms. The lowest BCUT2D eigenvalue weighted by atomic mass is 10.1. The molecule has 2 N–H and O–H groups in total. The predicted octanol–water partition coefficient (Wildman–Crippen LogP) is 0.373. The molecule has 2 amide bonds. The number of nitrogens with one attached hydrogen (secondary N) is 1. The Kier molecular flexibility index (Phi) is 9.38. The van der Waals surface area contributed by atoms with Gasteiger partial charge in [-0.25, -0.2) is 22.3 Å². The highest BCUT2D eigenvalue weighted by molar-refractivity contribution is 7.89. The summed E-state index contributed by atoms with van der Waals surface area (Å²) >= 11 is 0. The van der Waals surface area contributed by atoms with Crippen LogP contribution in [-0.4, -0.2) is 99.7 Å². The Labute approximate surface area is 238 Å². The maximum atomic E-state index is 13.9. The molecular formula is C25H32N4O10S2. The minimum atomic E-state index is -4.35. The number of carbonyl (C=O) groups is 2. The van der Waals surface area contributed by atoms with Gasteiger partial charge in [0.05, 0.1) is 18.3 Å². The normalized spacial score (nSPS) is 16.4. The Morgan fingerprint density at radius 2 is 1.68 bits per heavy atom. The van der Waals surface area contributed by atoms with Gasteiger partial charge in [0, 0.05) is 39.1 Å². The number of carbonyl (C=O) groups excluding carboxylic acids is 2. The van der Waals surface area contributed by atoms with E-state index in [9.17, 15) is 31.6 Å². The van der Waals surface area contributed by atoms with Gasteiger partial charge >= 0.3 is 0 Å². The van der Waals surface area contributed by atoms with Crippen molar-refractivity contribution in [1.29, 1.82) is 0 Å². The van der Waals surface area contributed by atoms with Crippen LogP contribution in [0.25, 0.3) is 0 Å². The van der Waals surface area contributed by atoms with Crippen molar-refractivity contribution in [3.8, 4) is 17.2 Å². The zero-order valence-corrected chi connectivity index (χ0v) is 24.2. The quantitative estimate of drug-likeness (QED) is 0.267. The number of rotatable bonds is 11. The lowest BCUT2D eigenvalue weighted by Gasteiger charge is -2.34. The lowest BCUT2D eigenvalue weighted by Crippen LogP contribution is -2.51. The van der Waals surface area contributed by atoms with Gasteiger partial charge in [-0.2, -0.15) is 8.61 Å². The number of fused-ring (bicyclic) bond motifs is 1. The molecular weight excluding hydrogens is 580 g/mol. The SMILES string of the molecule is COc1ccc(S(=O)(=O)N(Cc2ccc3c(c2)OCO3)[C@H](CCC(=O)N2CCN(S(C)(=O)=O)CC2)C(=O)NO)cc1. The Bertz CT molecular complexity index is 1470. The van der Waals surface area contributed by atoms with Crippen molar-refractivity contribution in [2.75, 3.05) is 46.3 Å². The molecule has 0 saturated carbocycles. The first-order valence-corrected chi connectivity index (χ1v) is 15.9. The molecule has 1 saturated heterocycles. The van der Waals surface area contributed by atoms with Gasteiger partial charge in [0.1, 0.15) is 11.8 Å². The summed E-state index contributed by atoms with van der Waals surface area (Å²) in [5, 5.41) is 9.54. The number of hydrogen-bond donors (Lipinski definition) is 2. The van der Waals surface area contributed by atoms with Crippen LogP contribution in [0.4, 0.5) is 0 Å². The number of piperazine rings is 1. The van der Waals surface area contributed by atoms with Gasteiger partial charge in [0.25, 0.3) is 5.91 Å². The summed E-state index contributed by atoms with van der Waals surface area (Å²) in [5.41, 5.74) is 2.01. The van der Waals surface area contributed by atoms with Crippen LogP contribution in [0.1, 0.15) is 18.4 Å². The highest BCUT2D eigenvalue weighted by Crippen LogP contribution is 2.34. The molecule has 2 aliphatic heterocycles. The van der Waals surface area contributed by atoms with E-state index in [1.807, 2.05) is 0 Å². The fourth-order valence-electron chi connectivity index (χ4n) is 4.63. The zero-order chi connectivity index (χ0) is 29.8. The Hall–Kier alpha value is -3.44. The number of methoxy groups -OCH3 is 1. The van der Waals surface area contributed by atoms with E-state index in [-0.39, 0.29) is 63.2 Å². The first-order chi connectivity index (χ1) is 19.4. The number of hydrogen-bond acceptors (Lipinski definition) is 10. The van der Waals surface area contributed by atoms with Gasteiger partial charge in [-0.05, 0) is 48.4 Å². The van der Waals surface area contributed by atoms with E-state index >= 15 is 0 Å². The van der Waals surface area contributed by atoms with Crippen LogP contribution in [0.3, 0.4) is 0 Å². The van der Waals surface area contributed by atoms with Crippen LogP contribution in [-0.2, 0) is 36.2 Å². The average Bonchev–Trinajstić information content (AvgIpc) is 3.44. The summed E-state index contributed by atoms with van der Waals surface area (Å²) in [7, 11) is -6.30. The van der Waals surface area contributed by atoms with E-state index in [0.717, 1.165) is 10.6 Å². The molecule has 0 bridgehead atoms. The van der Waals surface area contributed by atoms with E-state index in [1.54, 1.807) is 18.2 Å². The highest BCUT2D eigenvalue weighted by atomic mass is 32.2. The summed E-state index contributed by atoms with van der Waals surface area (Å²) in [5.74, 6) is -0.0609. The van der Waals surface area contributed by atoms with Crippen LogP contribution in [0, 0.1) is 0 Å². The first kappa shape index (κ1) is 30.5. The topological polar surface area (TPSA) is 172 Å². The monoisotopic (exact) mass is 612 g/mol. The maximum absolute atomic E-state index is 13.9. The number of sulfonamides is 2. The molecule has 1 atom stereocenters. The molecule has 2 aromatic carbocycles. The standard InChI is InChI=1S/C25H32N4O10S2/c1-37-19-4-6-20(7-5-19)41(35,36)29(16-18-3-9-22-23(15-18)39-17-38-22)21(25(31)26-32)8-10-24(30)27-11-13-28(14-12-27)40(2,33)34/h3-7,9,15,21,32H,8,10-14,16-17H2,1-2H3,(H,26,31)/t21-/m1/s1. The fraction of sp³-hybridized carbons (Fsp3) is 0.440. The molecule has 2 aromatic rings. The maximum Gasteiger partial charge on any atom is 0.261 e. The molecule has 41 heavy (non-hydrogen) atoms. The summed E-state index contributed by atoms with van der Waals surface area (Å²) < 4.78 is 69.5. The molecule has 0 aromatic heterocycles. The summed E-state index contributed by atoms with van der Waals surface area (Å²) in [6.45, 7) is 0.315. The van der Waals surface area contributed by atoms with E-state index in [2.05, 4.69) is 0 Å². The van der Waals surface area contributed by atoms with Crippen molar-refractivity contribution >= 4 is 31.9 Å².